The smallest absolute Gasteiger partial charge is 0.408 e. The van der Waals surface area contributed by atoms with Crippen molar-refractivity contribution in [2.24, 2.45) is 0 Å². The van der Waals surface area contributed by atoms with Gasteiger partial charge in [-0.2, -0.15) is 11.8 Å². The monoisotopic (exact) mass is 1130 g/mol. The Morgan fingerprint density at radius 1 is 0.950 bits per heavy atom. The molecule has 5 aromatic carbocycles. The molecule has 0 aromatic heterocycles. The van der Waals surface area contributed by atoms with E-state index in [0.29, 0.717) is 74.9 Å². The van der Waals surface area contributed by atoms with E-state index in [1.807, 2.05) is 56.1 Å². The van der Waals surface area contributed by atoms with Crippen molar-refractivity contribution < 1.29 is 67.3 Å². The number of alkyl carbamates (subject to hydrolysis) is 1. The number of benzene rings is 5. The first-order valence-corrected chi connectivity index (χ1v) is 28.8. The summed E-state index contributed by atoms with van der Waals surface area (Å²) in [6.45, 7) is 8.66. The lowest BCUT2D eigenvalue weighted by atomic mass is 9.78. The number of rotatable bonds is 12. The maximum atomic E-state index is 15.4. The van der Waals surface area contributed by atoms with Gasteiger partial charge in [-0.15, -0.1) is 11.8 Å². The third-order valence-corrected chi connectivity index (χ3v) is 19.4. The van der Waals surface area contributed by atoms with Crippen LogP contribution in [0.15, 0.2) is 79.4 Å². The van der Waals surface area contributed by atoms with Crippen LogP contribution in [0.5, 0.6) is 40.2 Å². The number of phenols is 1. The molecule has 1 amide bonds. The number of piperazine rings is 1. The van der Waals surface area contributed by atoms with E-state index in [0.717, 1.165) is 5.56 Å². The summed E-state index contributed by atoms with van der Waals surface area (Å²) in [6, 6.07) is 18.7. The summed E-state index contributed by atoms with van der Waals surface area (Å²) in [6.07, 6.45) is 1.16. The number of methoxy groups -OCH3 is 2. The van der Waals surface area contributed by atoms with E-state index in [1.54, 1.807) is 12.1 Å². The molecule has 2 saturated heterocycles. The second-order valence-corrected chi connectivity index (χ2v) is 23.6. The van der Waals surface area contributed by atoms with Crippen LogP contribution in [0.4, 0.5) is 4.79 Å². The van der Waals surface area contributed by atoms with Crippen LogP contribution in [0.2, 0.25) is 0 Å². The molecule has 2 fully saturated rings. The fourth-order valence-electron chi connectivity index (χ4n) is 13.6. The van der Waals surface area contributed by atoms with Gasteiger partial charge in [0, 0.05) is 77.9 Å². The quantitative estimate of drug-likeness (QED) is 0.0543. The van der Waals surface area contributed by atoms with Gasteiger partial charge in [-0.1, -0.05) is 67.3 Å². The number of aliphatic hydroxyl groups is 1. The standard InChI is InChI=1S/C60H62N4O14S2/c1-8-19-73-58(69)62-41(26-79-25-39-37-15-11-9-13-35(37)36-14-10-12-16-38(36)39)56(67)78-44-21-33-17-18-61-60(40(33)22-43(44)71-6)28-80-55-47-46(54-53(75-29-76-54)31(3)52(47)77-32(4)65)42(24-74-57(60)68)64-49(55)48-45-34(23-59(64,70)27-63(48)5)20-30(2)51(72-7)50(45)66/h8-16,20-22,39,41-42,48-49,55,61,66,70H,1,17-19,23-29H2,2-7H3,(H,62,69)/t41?,42-,48+,49?,55+,59-,60+/m0/s1. The molecule has 4 bridgehead atoms. The number of ether oxygens (including phenoxy) is 8. The zero-order valence-corrected chi connectivity index (χ0v) is 46.8. The molecular formula is C60H62N4O14S2. The van der Waals surface area contributed by atoms with Gasteiger partial charge < -0.3 is 53.4 Å². The summed E-state index contributed by atoms with van der Waals surface area (Å²) >= 11 is 2.93. The van der Waals surface area contributed by atoms with Crippen molar-refractivity contribution in [2.45, 2.75) is 80.2 Å². The van der Waals surface area contributed by atoms with Crippen molar-refractivity contribution in [1.82, 2.24) is 20.4 Å². The minimum absolute atomic E-state index is 0.0319. The van der Waals surface area contributed by atoms with E-state index in [9.17, 15) is 24.6 Å². The first-order valence-electron chi connectivity index (χ1n) is 26.6. The molecule has 4 N–H and O–H groups in total. The molecule has 9 aliphatic rings. The normalized spacial score (nSPS) is 25.1. The number of esters is 3. The summed E-state index contributed by atoms with van der Waals surface area (Å²) in [5.74, 6) is 0.560. The summed E-state index contributed by atoms with van der Waals surface area (Å²) < 4.78 is 48.5. The highest BCUT2D eigenvalue weighted by atomic mass is 32.2. The number of phenolic OH excluding ortho intramolecular Hbond substituents is 1. The van der Waals surface area contributed by atoms with Crippen molar-refractivity contribution in [3.63, 3.8) is 0 Å². The van der Waals surface area contributed by atoms with E-state index in [4.69, 9.17) is 37.9 Å². The van der Waals surface area contributed by atoms with Crippen LogP contribution in [0, 0.1) is 13.8 Å². The number of carbonyl (C=O) groups is 4. The van der Waals surface area contributed by atoms with E-state index < -0.39 is 64.7 Å². The number of hydrogen-bond acceptors (Lipinski definition) is 19. The molecule has 20 heteroatoms. The third-order valence-electron chi connectivity index (χ3n) is 16.7. The number of nitrogens with one attached hydrogen (secondary N) is 2. The van der Waals surface area contributed by atoms with Crippen molar-refractivity contribution >= 4 is 47.5 Å². The van der Waals surface area contributed by atoms with Crippen molar-refractivity contribution in [3.05, 3.63) is 135 Å². The average Bonchev–Trinajstić information content (AvgIpc) is 4.03. The summed E-state index contributed by atoms with van der Waals surface area (Å²) in [4.78, 5) is 60.3. The molecule has 3 unspecified atom stereocenters. The second kappa shape index (κ2) is 20.9. The Bertz CT molecular complexity index is 3370. The zero-order valence-electron chi connectivity index (χ0n) is 45.2. The molecule has 1 aliphatic carbocycles. The van der Waals surface area contributed by atoms with E-state index in [-0.39, 0.29) is 73.4 Å². The van der Waals surface area contributed by atoms with Gasteiger partial charge in [-0.25, -0.2) is 14.4 Å². The van der Waals surface area contributed by atoms with E-state index >= 15 is 4.79 Å². The number of amides is 1. The van der Waals surface area contributed by atoms with Crippen molar-refractivity contribution in [2.75, 3.05) is 71.6 Å². The Balaban J connectivity index is 0.914. The Kier molecular flexibility index (Phi) is 14.0. The molecule has 8 aliphatic heterocycles. The fourth-order valence-corrected chi connectivity index (χ4v) is 16.5. The maximum absolute atomic E-state index is 15.4. The SMILES string of the molecule is C=CCOC(=O)NC(CSCC1c2ccccc2-c2ccccc21)C(=O)Oc1cc2c(cc1OC)[C@@]1(CS[C@@H]3c4c(OC(C)=O)c(C)c5c(c4[C@H](COC1=O)N1C3[C@H]3c4c(cc(C)c(OC)c4O)C[C@]1(O)CN3C)OCO5)NCC2. The lowest BCUT2D eigenvalue weighted by Gasteiger charge is -2.60. The Morgan fingerprint density at radius 3 is 2.40 bits per heavy atom. The topological polar surface area (TPSA) is 213 Å². The number of aromatic hydroxyl groups is 1. The lowest BCUT2D eigenvalue weighted by molar-refractivity contribution is -0.215. The molecule has 418 valence electrons. The number of aryl methyl sites for hydroxylation is 1. The largest absolute Gasteiger partial charge is 0.504 e. The summed E-state index contributed by atoms with van der Waals surface area (Å²) in [7, 11) is 4.87. The van der Waals surface area contributed by atoms with Crippen LogP contribution in [-0.2, 0) is 42.2 Å². The van der Waals surface area contributed by atoms with Gasteiger partial charge in [0.1, 0.15) is 30.7 Å². The molecule has 80 heavy (non-hydrogen) atoms. The molecule has 14 rings (SSSR count). The number of likely N-dealkylation sites (N-methyl/N-ethyl adjacent to an activating group) is 1. The van der Waals surface area contributed by atoms with Gasteiger partial charge in [-0.05, 0) is 84.0 Å². The highest BCUT2D eigenvalue weighted by Crippen LogP contribution is 2.65. The summed E-state index contributed by atoms with van der Waals surface area (Å²) in [5.41, 5.74) is 6.60. The number of hydrogen-bond donors (Lipinski definition) is 4. The predicted octanol–water partition coefficient (Wildman–Crippen LogP) is 7.44. The van der Waals surface area contributed by atoms with E-state index in [2.05, 4.69) is 46.4 Å². The van der Waals surface area contributed by atoms with Crippen LogP contribution in [-0.4, -0.2) is 133 Å². The first-order chi connectivity index (χ1) is 38.6. The molecule has 8 atom stereocenters. The van der Waals surface area contributed by atoms with Gasteiger partial charge in [0.25, 0.3) is 0 Å². The van der Waals surface area contributed by atoms with Crippen molar-refractivity contribution in [1.29, 1.82) is 0 Å². The molecule has 18 nitrogen and oxygen atoms in total. The van der Waals surface area contributed by atoms with Crippen LogP contribution in [0.3, 0.4) is 0 Å². The zero-order chi connectivity index (χ0) is 55.9. The number of carbonyl (C=O) groups excluding carboxylic acids is 4. The average molecular weight is 1130 g/mol. The minimum atomic E-state index is -1.59. The van der Waals surface area contributed by atoms with Gasteiger partial charge >= 0.3 is 24.0 Å². The Hall–Kier alpha value is -6.94. The van der Waals surface area contributed by atoms with Gasteiger partial charge in [0.05, 0.1) is 31.6 Å². The van der Waals surface area contributed by atoms with Crippen LogP contribution < -0.4 is 39.1 Å². The van der Waals surface area contributed by atoms with Crippen LogP contribution >= 0.6 is 23.5 Å². The van der Waals surface area contributed by atoms with Crippen LogP contribution in [0.25, 0.3) is 11.1 Å². The molecule has 8 heterocycles. The molecule has 1 spiro atoms. The number of thioether (sulfide) groups is 2. The molecular weight excluding hydrogens is 1060 g/mol. The van der Waals surface area contributed by atoms with Gasteiger partial charge in [0.15, 0.2) is 40.0 Å². The summed E-state index contributed by atoms with van der Waals surface area (Å²) in [5, 5.41) is 31.2. The predicted molar refractivity (Wildman–Crippen MR) is 298 cm³/mol. The molecule has 0 saturated carbocycles. The van der Waals surface area contributed by atoms with Crippen LogP contribution in [0.1, 0.15) is 85.8 Å². The fraction of sp³-hybridized carbons (Fsp3) is 0.400. The van der Waals surface area contributed by atoms with Gasteiger partial charge in [-0.3, -0.25) is 19.9 Å². The first kappa shape index (κ1) is 53.7. The third kappa shape index (κ3) is 8.63. The van der Waals surface area contributed by atoms with Crippen molar-refractivity contribution in [3.8, 4) is 51.4 Å². The highest BCUT2D eigenvalue weighted by Gasteiger charge is 2.64. The molecule has 5 aromatic rings. The maximum Gasteiger partial charge on any atom is 0.408 e. The second-order valence-electron chi connectivity index (χ2n) is 21.4. The lowest BCUT2D eigenvalue weighted by Crippen LogP contribution is -2.70. The Morgan fingerprint density at radius 2 is 1.69 bits per heavy atom. The highest BCUT2D eigenvalue weighted by molar-refractivity contribution is 7.99. The van der Waals surface area contributed by atoms with Gasteiger partial charge in [0.2, 0.25) is 6.79 Å². The minimum Gasteiger partial charge on any atom is -0.504 e. The van der Waals surface area contributed by atoms with E-state index in [1.165, 1.54) is 73.0 Å². The molecule has 0 radical (unpaired) electrons. The Labute approximate surface area is 471 Å². The number of fused-ring (bicyclic) bond motifs is 9. The number of nitrogens with zero attached hydrogens (tertiary/aromatic N) is 2.